The van der Waals surface area contributed by atoms with Gasteiger partial charge in [-0.1, -0.05) is 17.3 Å². The van der Waals surface area contributed by atoms with E-state index in [2.05, 4.69) is 10.5 Å². The van der Waals surface area contributed by atoms with Gasteiger partial charge < -0.3 is 14.7 Å². The van der Waals surface area contributed by atoms with Gasteiger partial charge in [-0.2, -0.15) is 0 Å². The molecule has 1 heterocycles. The van der Waals surface area contributed by atoms with Crippen LogP contribution in [0.4, 0.5) is 4.79 Å². The monoisotopic (exact) mass is 247 g/mol. The molecule has 5 nitrogen and oxygen atoms in total. The molecule has 0 spiro atoms. The van der Waals surface area contributed by atoms with Crippen LogP contribution in [0.5, 0.6) is 0 Å². The topological polar surface area (TPSA) is 58.4 Å². The summed E-state index contributed by atoms with van der Waals surface area (Å²) in [5.41, 5.74) is 1.50. The maximum atomic E-state index is 11.8. The van der Waals surface area contributed by atoms with Crippen LogP contribution in [0.15, 0.2) is 28.8 Å². The van der Waals surface area contributed by atoms with Crippen LogP contribution < -0.4 is 5.32 Å². The highest BCUT2D eigenvalue weighted by Crippen LogP contribution is 2.17. The molecule has 0 radical (unpaired) electrons. The van der Waals surface area contributed by atoms with E-state index in [1.165, 1.54) is 0 Å². The van der Waals surface area contributed by atoms with Crippen molar-refractivity contribution in [3.63, 3.8) is 0 Å². The maximum absolute atomic E-state index is 11.8. The second kappa shape index (κ2) is 5.53. The third-order valence-electron chi connectivity index (χ3n) is 2.91. The number of carbonyl (C=O) groups excluding carboxylic acids is 1. The smallest absolute Gasteiger partial charge is 0.317 e. The summed E-state index contributed by atoms with van der Waals surface area (Å²) in [6, 6.07) is 7.54. The van der Waals surface area contributed by atoms with Gasteiger partial charge in [-0.3, -0.25) is 0 Å². The zero-order chi connectivity index (χ0) is 13.0. The number of aromatic nitrogens is 1. The van der Waals surface area contributed by atoms with Gasteiger partial charge in [0.1, 0.15) is 5.69 Å². The van der Waals surface area contributed by atoms with E-state index in [0.717, 1.165) is 16.7 Å². The average molecular weight is 247 g/mol. The molecule has 0 saturated carbocycles. The van der Waals surface area contributed by atoms with Crippen LogP contribution in [0.25, 0.3) is 11.0 Å². The van der Waals surface area contributed by atoms with E-state index in [0.29, 0.717) is 19.6 Å². The molecule has 0 fully saturated rings. The fraction of sp³-hybridized carbons (Fsp3) is 0.385. The summed E-state index contributed by atoms with van der Waals surface area (Å²) in [5, 5.41) is 7.76. The summed E-state index contributed by atoms with van der Waals surface area (Å²) in [6.45, 7) is 5.68. The summed E-state index contributed by atoms with van der Waals surface area (Å²) in [6.07, 6.45) is 0. The van der Waals surface area contributed by atoms with Gasteiger partial charge in [0.2, 0.25) is 0 Å². The molecule has 0 saturated heterocycles. The molecule has 0 bridgehead atoms. The summed E-state index contributed by atoms with van der Waals surface area (Å²) >= 11 is 0. The summed E-state index contributed by atoms with van der Waals surface area (Å²) in [7, 11) is 0. The molecule has 1 aromatic carbocycles. The lowest BCUT2D eigenvalue weighted by Crippen LogP contribution is -2.39. The molecule has 18 heavy (non-hydrogen) atoms. The van der Waals surface area contributed by atoms with Crippen molar-refractivity contribution in [3.05, 3.63) is 30.0 Å². The van der Waals surface area contributed by atoms with E-state index < -0.39 is 0 Å². The standard InChI is InChI=1S/C13H17N3O2/c1-3-16(4-2)13(17)14-9-11-10-7-5-6-8-12(10)18-15-11/h5-8H,3-4,9H2,1-2H3,(H,14,17). The van der Waals surface area contributed by atoms with Gasteiger partial charge in [-0.25, -0.2) is 4.79 Å². The Hall–Kier alpha value is -2.04. The van der Waals surface area contributed by atoms with E-state index in [9.17, 15) is 4.79 Å². The predicted molar refractivity (Wildman–Crippen MR) is 69.2 cm³/mol. The molecule has 0 atom stereocenters. The Balaban J connectivity index is 2.04. The highest BCUT2D eigenvalue weighted by atomic mass is 16.5. The number of nitrogens with one attached hydrogen (secondary N) is 1. The lowest BCUT2D eigenvalue weighted by molar-refractivity contribution is 0.202. The van der Waals surface area contributed by atoms with Crippen molar-refractivity contribution in [2.75, 3.05) is 13.1 Å². The SMILES string of the molecule is CCN(CC)C(=O)NCc1noc2ccccc12. The largest absolute Gasteiger partial charge is 0.356 e. The van der Waals surface area contributed by atoms with Crippen LogP contribution in [0.3, 0.4) is 0 Å². The van der Waals surface area contributed by atoms with Crippen molar-refractivity contribution in [3.8, 4) is 0 Å². The first-order valence-electron chi connectivity index (χ1n) is 6.12. The Morgan fingerprint density at radius 1 is 1.33 bits per heavy atom. The first kappa shape index (κ1) is 12.4. The van der Waals surface area contributed by atoms with Crippen LogP contribution in [0.1, 0.15) is 19.5 Å². The molecule has 2 aromatic rings. The van der Waals surface area contributed by atoms with Gasteiger partial charge in [-0.05, 0) is 26.0 Å². The summed E-state index contributed by atoms with van der Waals surface area (Å²) < 4.78 is 5.18. The van der Waals surface area contributed by atoms with Crippen molar-refractivity contribution in [1.82, 2.24) is 15.4 Å². The number of para-hydroxylation sites is 1. The molecule has 2 rings (SSSR count). The van der Waals surface area contributed by atoms with Gasteiger partial charge in [0.15, 0.2) is 5.58 Å². The van der Waals surface area contributed by atoms with E-state index >= 15 is 0 Å². The number of carbonyl (C=O) groups is 1. The minimum absolute atomic E-state index is 0.0768. The van der Waals surface area contributed by atoms with Crippen molar-refractivity contribution >= 4 is 17.0 Å². The molecule has 0 aliphatic carbocycles. The first-order chi connectivity index (χ1) is 8.76. The van der Waals surface area contributed by atoms with Crippen LogP contribution in [0, 0.1) is 0 Å². The van der Waals surface area contributed by atoms with Gasteiger partial charge in [-0.15, -0.1) is 0 Å². The van der Waals surface area contributed by atoms with Crippen molar-refractivity contribution in [1.29, 1.82) is 0 Å². The Kier molecular flexibility index (Phi) is 3.82. The molecule has 1 aromatic heterocycles. The van der Waals surface area contributed by atoms with Gasteiger partial charge in [0.05, 0.1) is 6.54 Å². The fourth-order valence-electron chi connectivity index (χ4n) is 1.85. The number of rotatable bonds is 4. The molecule has 5 heteroatoms. The van der Waals surface area contributed by atoms with E-state index in [1.807, 2.05) is 38.1 Å². The number of urea groups is 1. The number of amides is 2. The highest BCUT2D eigenvalue weighted by Gasteiger charge is 2.11. The Labute approximate surface area is 106 Å². The van der Waals surface area contributed by atoms with E-state index in [1.54, 1.807) is 4.90 Å². The Bertz CT molecular complexity index is 532. The zero-order valence-corrected chi connectivity index (χ0v) is 10.6. The summed E-state index contributed by atoms with van der Waals surface area (Å²) in [4.78, 5) is 13.5. The molecule has 0 aliphatic heterocycles. The minimum Gasteiger partial charge on any atom is -0.356 e. The second-order valence-corrected chi connectivity index (χ2v) is 3.96. The van der Waals surface area contributed by atoms with Crippen LogP contribution in [0.2, 0.25) is 0 Å². The van der Waals surface area contributed by atoms with Crippen LogP contribution in [-0.4, -0.2) is 29.2 Å². The normalized spacial score (nSPS) is 10.6. The summed E-state index contributed by atoms with van der Waals surface area (Å²) in [5.74, 6) is 0. The quantitative estimate of drug-likeness (QED) is 0.902. The molecule has 0 aliphatic rings. The molecule has 1 N–H and O–H groups in total. The van der Waals surface area contributed by atoms with Gasteiger partial charge in [0, 0.05) is 18.5 Å². The average Bonchev–Trinajstić information content (AvgIpc) is 2.81. The zero-order valence-electron chi connectivity index (χ0n) is 10.6. The number of hydrogen-bond donors (Lipinski definition) is 1. The third-order valence-corrected chi connectivity index (χ3v) is 2.91. The molecule has 96 valence electrons. The van der Waals surface area contributed by atoms with Crippen molar-refractivity contribution in [2.24, 2.45) is 0 Å². The first-order valence-corrected chi connectivity index (χ1v) is 6.12. The molecular weight excluding hydrogens is 230 g/mol. The highest BCUT2D eigenvalue weighted by molar-refractivity contribution is 5.80. The Morgan fingerprint density at radius 2 is 2.06 bits per heavy atom. The lowest BCUT2D eigenvalue weighted by atomic mass is 10.2. The minimum atomic E-state index is -0.0768. The molecule has 0 unspecified atom stereocenters. The maximum Gasteiger partial charge on any atom is 0.317 e. The lowest BCUT2D eigenvalue weighted by Gasteiger charge is -2.18. The second-order valence-electron chi connectivity index (χ2n) is 3.96. The van der Waals surface area contributed by atoms with Crippen molar-refractivity contribution < 1.29 is 9.32 Å². The van der Waals surface area contributed by atoms with E-state index in [-0.39, 0.29) is 6.03 Å². The molecular formula is C13H17N3O2. The van der Waals surface area contributed by atoms with Crippen molar-refractivity contribution in [2.45, 2.75) is 20.4 Å². The number of nitrogens with zero attached hydrogens (tertiary/aromatic N) is 2. The van der Waals surface area contributed by atoms with Crippen LogP contribution in [-0.2, 0) is 6.54 Å². The van der Waals surface area contributed by atoms with Gasteiger partial charge in [0.25, 0.3) is 0 Å². The molecule has 2 amide bonds. The van der Waals surface area contributed by atoms with Gasteiger partial charge >= 0.3 is 6.03 Å². The predicted octanol–water partition coefficient (Wildman–Crippen LogP) is 2.38. The number of fused-ring (bicyclic) bond motifs is 1. The third kappa shape index (κ3) is 2.45. The Morgan fingerprint density at radius 3 is 2.78 bits per heavy atom. The number of hydrogen-bond acceptors (Lipinski definition) is 3. The number of benzene rings is 1. The fourth-order valence-corrected chi connectivity index (χ4v) is 1.85. The van der Waals surface area contributed by atoms with E-state index in [4.69, 9.17) is 4.52 Å². The van der Waals surface area contributed by atoms with Crippen LogP contribution >= 0.6 is 0 Å².